The molecule has 0 saturated carbocycles. The molecule has 1 N–H and O–H groups in total. The summed E-state index contributed by atoms with van der Waals surface area (Å²) in [5, 5.41) is 9.03. The van der Waals surface area contributed by atoms with Crippen molar-refractivity contribution >= 4 is 5.78 Å². The minimum absolute atomic E-state index is 0.0408. The molecule has 2 heterocycles. The van der Waals surface area contributed by atoms with Gasteiger partial charge in [0.05, 0.1) is 23.8 Å². The van der Waals surface area contributed by atoms with Crippen LogP contribution >= 0.6 is 0 Å². The Morgan fingerprint density at radius 2 is 1.69 bits per heavy atom. The van der Waals surface area contributed by atoms with Crippen molar-refractivity contribution in [3.05, 3.63) is 84.2 Å². The van der Waals surface area contributed by atoms with Crippen molar-refractivity contribution in [3.63, 3.8) is 0 Å². The number of ketones is 1. The number of nitrogens with zero attached hydrogens (tertiary/aromatic N) is 2. The van der Waals surface area contributed by atoms with Crippen LogP contribution in [0.25, 0.3) is 33.8 Å². The summed E-state index contributed by atoms with van der Waals surface area (Å²) in [5.74, 6) is -1.73. The molecule has 0 spiro atoms. The molecule has 4 aromatic rings. The van der Waals surface area contributed by atoms with Crippen molar-refractivity contribution in [2.75, 3.05) is 6.61 Å². The van der Waals surface area contributed by atoms with E-state index in [1.807, 2.05) is 0 Å². The number of halogens is 4. The molecule has 0 aliphatic rings. The third-order valence-electron chi connectivity index (χ3n) is 4.70. The maximum Gasteiger partial charge on any atom is 0.433 e. The smallest absolute Gasteiger partial charge is 0.433 e. The second-order valence-electron chi connectivity index (χ2n) is 6.83. The fraction of sp³-hybridized carbons (Fsp3) is 0.0870. The predicted octanol–water partition coefficient (Wildman–Crippen LogP) is 5.40. The van der Waals surface area contributed by atoms with E-state index in [-0.39, 0.29) is 22.6 Å². The van der Waals surface area contributed by atoms with Gasteiger partial charge in [-0.05, 0) is 41.5 Å². The first-order valence-corrected chi connectivity index (χ1v) is 9.29. The molecule has 2 aromatic heterocycles. The van der Waals surface area contributed by atoms with Gasteiger partial charge < -0.3 is 9.52 Å². The monoisotopic (exact) mass is 442 g/mol. The van der Waals surface area contributed by atoms with Gasteiger partial charge in [-0.2, -0.15) is 13.2 Å². The Morgan fingerprint density at radius 1 is 0.938 bits per heavy atom. The van der Waals surface area contributed by atoms with Crippen molar-refractivity contribution in [1.29, 1.82) is 0 Å². The molecule has 2 aromatic carbocycles. The number of hydrogen-bond donors (Lipinski definition) is 1. The molecule has 4 rings (SSSR count). The highest BCUT2D eigenvalue weighted by molar-refractivity contribution is 5.98. The van der Waals surface area contributed by atoms with Gasteiger partial charge in [0, 0.05) is 11.1 Å². The second kappa shape index (κ2) is 8.35. The van der Waals surface area contributed by atoms with Crippen LogP contribution in [0.3, 0.4) is 0 Å². The summed E-state index contributed by atoms with van der Waals surface area (Å²) in [6.45, 7) is -0.852. The van der Waals surface area contributed by atoms with Gasteiger partial charge in [0.1, 0.15) is 18.1 Å². The molecule has 0 aliphatic heterocycles. The molecule has 0 amide bonds. The van der Waals surface area contributed by atoms with E-state index in [1.165, 1.54) is 36.8 Å². The highest BCUT2D eigenvalue weighted by Gasteiger charge is 2.34. The molecule has 162 valence electrons. The quantitative estimate of drug-likeness (QED) is 0.331. The van der Waals surface area contributed by atoms with Crippen LogP contribution in [0.15, 0.2) is 71.5 Å². The number of hydrogen-bond acceptors (Lipinski definition) is 5. The molecule has 0 atom stereocenters. The summed E-state index contributed by atoms with van der Waals surface area (Å²) in [4.78, 5) is 19.7. The largest absolute Gasteiger partial charge is 0.472 e. The molecule has 0 unspecified atom stereocenters. The van der Waals surface area contributed by atoms with Crippen molar-refractivity contribution in [1.82, 2.24) is 9.97 Å². The number of alkyl halides is 3. The van der Waals surface area contributed by atoms with E-state index in [4.69, 9.17) is 9.52 Å². The van der Waals surface area contributed by atoms with Gasteiger partial charge in [-0.3, -0.25) is 4.79 Å². The van der Waals surface area contributed by atoms with E-state index in [9.17, 15) is 22.4 Å². The molecule has 9 heteroatoms. The Kier molecular flexibility index (Phi) is 5.58. The SMILES string of the molecule is O=C(CO)c1cc(-c2cccc(-c3nc(-c4ccoc4)cc(C(F)(F)F)n3)c2)ccc1F. The van der Waals surface area contributed by atoms with Crippen LogP contribution in [0.5, 0.6) is 0 Å². The van der Waals surface area contributed by atoms with Crippen LogP contribution in [0.2, 0.25) is 0 Å². The lowest BCUT2D eigenvalue weighted by atomic mass is 9.99. The first-order valence-electron chi connectivity index (χ1n) is 9.29. The van der Waals surface area contributed by atoms with Crippen molar-refractivity contribution < 1.29 is 31.9 Å². The minimum Gasteiger partial charge on any atom is -0.472 e. The van der Waals surface area contributed by atoms with Crippen LogP contribution in [-0.4, -0.2) is 27.5 Å². The Labute approximate surface area is 179 Å². The van der Waals surface area contributed by atoms with Crippen LogP contribution in [-0.2, 0) is 6.18 Å². The highest BCUT2D eigenvalue weighted by atomic mass is 19.4. The molecular formula is C23H14F4N2O3. The summed E-state index contributed by atoms with van der Waals surface area (Å²) >= 11 is 0. The lowest BCUT2D eigenvalue weighted by Gasteiger charge is -2.11. The summed E-state index contributed by atoms with van der Waals surface area (Å²) < 4.78 is 59.2. The Hall–Kier alpha value is -3.85. The Morgan fingerprint density at radius 3 is 2.38 bits per heavy atom. The fourth-order valence-corrected chi connectivity index (χ4v) is 3.12. The van der Waals surface area contributed by atoms with Crippen LogP contribution in [0.1, 0.15) is 16.1 Å². The highest BCUT2D eigenvalue weighted by Crippen LogP contribution is 2.33. The van der Waals surface area contributed by atoms with E-state index in [2.05, 4.69) is 9.97 Å². The molecule has 0 fully saturated rings. The number of aliphatic hydroxyl groups excluding tert-OH is 1. The zero-order valence-corrected chi connectivity index (χ0v) is 16.2. The molecule has 0 radical (unpaired) electrons. The average molecular weight is 442 g/mol. The topological polar surface area (TPSA) is 76.2 Å². The van der Waals surface area contributed by atoms with E-state index in [1.54, 1.807) is 18.2 Å². The number of aromatic nitrogens is 2. The number of rotatable bonds is 5. The van der Waals surface area contributed by atoms with Crippen molar-refractivity contribution in [2.45, 2.75) is 6.18 Å². The Balaban J connectivity index is 1.82. The predicted molar refractivity (Wildman–Crippen MR) is 107 cm³/mol. The summed E-state index contributed by atoms with van der Waals surface area (Å²) in [7, 11) is 0. The first-order chi connectivity index (χ1) is 15.3. The molecule has 0 bridgehead atoms. The number of furan rings is 1. The third-order valence-corrected chi connectivity index (χ3v) is 4.70. The lowest BCUT2D eigenvalue weighted by molar-refractivity contribution is -0.141. The molecule has 32 heavy (non-hydrogen) atoms. The van der Waals surface area contributed by atoms with Gasteiger partial charge >= 0.3 is 6.18 Å². The maximum atomic E-state index is 13.9. The van der Waals surface area contributed by atoms with E-state index >= 15 is 0 Å². The van der Waals surface area contributed by atoms with Crippen molar-refractivity contribution in [2.24, 2.45) is 0 Å². The maximum absolute atomic E-state index is 13.9. The molecule has 0 aliphatic carbocycles. The molecular weight excluding hydrogens is 428 g/mol. The number of benzene rings is 2. The first kappa shape index (κ1) is 21.4. The number of Topliss-reactive ketones (excluding diaryl/α,β-unsaturated/α-hetero) is 1. The van der Waals surface area contributed by atoms with Gasteiger partial charge in [-0.15, -0.1) is 0 Å². The number of carbonyl (C=O) groups excluding carboxylic acids is 1. The number of aliphatic hydroxyl groups is 1. The van der Waals surface area contributed by atoms with Gasteiger partial charge in [-0.1, -0.05) is 24.3 Å². The third kappa shape index (κ3) is 4.28. The molecule has 0 saturated heterocycles. The van der Waals surface area contributed by atoms with E-state index < -0.39 is 30.1 Å². The minimum atomic E-state index is -4.69. The van der Waals surface area contributed by atoms with Crippen LogP contribution in [0, 0.1) is 5.82 Å². The van der Waals surface area contributed by atoms with Crippen LogP contribution in [0.4, 0.5) is 17.6 Å². The summed E-state index contributed by atoms with van der Waals surface area (Å²) in [6.07, 6.45) is -2.09. The van der Waals surface area contributed by atoms with Gasteiger partial charge in [-0.25, -0.2) is 14.4 Å². The van der Waals surface area contributed by atoms with E-state index in [0.717, 1.165) is 12.1 Å². The zero-order valence-electron chi connectivity index (χ0n) is 16.2. The summed E-state index contributed by atoms with van der Waals surface area (Å²) in [6, 6.07) is 12.4. The van der Waals surface area contributed by atoms with Gasteiger partial charge in [0.25, 0.3) is 0 Å². The van der Waals surface area contributed by atoms with Crippen LogP contribution < -0.4 is 0 Å². The zero-order chi connectivity index (χ0) is 22.9. The normalized spacial score (nSPS) is 11.5. The summed E-state index contributed by atoms with van der Waals surface area (Å²) in [5.41, 5.74) is 0.236. The van der Waals surface area contributed by atoms with Crippen molar-refractivity contribution in [3.8, 4) is 33.8 Å². The molecule has 5 nitrogen and oxygen atoms in total. The van der Waals surface area contributed by atoms with Gasteiger partial charge in [0.15, 0.2) is 11.6 Å². The number of carbonyl (C=O) groups is 1. The fourth-order valence-electron chi connectivity index (χ4n) is 3.12. The van der Waals surface area contributed by atoms with Gasteiger partial charge in [0.2, 0.25) is 0 Å². The standard InChI is InChI=1S/C23H14F4N2O3/c24-18-5-4-14(9-17(18)20(31)11-30)13-2-1-3-15(8-13)22-28-19(16-6-7-32-12-16)10-21(29-22)23(25,26)27/h1-10,12,30H,11H2. The Bertz CT molecular complexity index is 1280. The average Bonchev–Trinajstić information content (AvgIpc) is 3.33. The van der Waals surface area contributed by atoms with E-state index in [0.29, 0.717) is 16.7 Å². The second-order valence-corrected chi connectivity index (χ2v) is 6.83. The lowest BCUT2D eigenvalue weighted by Crippen LogP contribution is -2.10.